The summed E-state index contributed by atoms with van der Waals surface area (Å²) in [5, 5.41) is 16.8. The van der Waals surface area contributed by atoms with Gasteiger partial charge in [-0.15, -0.1) is 10.2 Å². The molecule has 3 aromatic carbocycles. The Balaban J connectivity index is 1.28. The van der Waals surface area contributed by atoms with Crippen molar-refractivity contribution in [3.8, 4) is 21.7 Å². The third-order valence-corrected chi connectivity index (χ3v) is 6.29. The molecule has 8 nitrogen and oxygen atoms in total. The number of para-hydroxylation sites is 1. The molecule has 0 saturated carbocycles. The quantitative estimate of drug-likeness (QED) is 0.372. The Bertz CT molecular complexity index is 1720. The highest BCUT2D eigenvalue weighted by molar-refractivity contribution is 7.19. The second kappa shape index (κ2) is 8.05. The molecule has 34 heavy (non-hydrogen) atoms. The van der Waals surface area contributed by atoms with Crippen LogP contribution in [-0.2, 0) is 0 Å². The van der Waals surface area contributed by atoms with Crippen LogP contribution >= 0.6 is 11.3 Å². The van der Waals surface area contributed by atoms with Crippen LogP contribution in [0.4, 0.5) is 5.69 Å². The minimum absolute atomic E-state index is 0.290. The Labute approximate surface area is 196 Å². The molecule has 0 bridgehead atoms. The van der Waals surface area contributed by atoms with Crippen LogP contribution in [0.25, 0.3) is 37.6 Å². The van der Waals surface area contributed by atoms with Crippen molar-refractivity contribution in [3.05, 3.63) is 101 Å². The molecule has 6 aromatic rings. The first-order valence-corrected chi connectivity index (χ1v) is 11.2. The van der Waals surface area contributed by atoms with Gasteiger partial charge in [-0.3, -0.25) is 4.79 Å². The molecule has 3 heterocycles. The second-order valence-corrected chi connectivity index (χ2v) is 8.52. The van der Waals surface area contributed by atoms with Crippen LogP contribution in [-0.4, -0.2) is 25.7 Å². The summed E-state index contributed by atoms with van der Waals surface area (Å²) in [4.78, 5) is 26.2. The molecule has 0 fully saturated rings. The smallest absolute Gasteiger partial charge is 0.344 e. The Morgan fingerprint density at radius 1 is 0.941 bits per heavy atom. The van der Waals surface area contributed by atoms with Crippen molar-refractivity contribution in [2.75, 3.05) is 5.32 Å². The molecule has 0 saturated heterocycles. The van der Waals surface area contributed by atoms with Crippen LogP contribution in [0.2, 0.25) is 0 Å². The summed E-state index contributed by atoms with van der Waals surface area (Å²) in [5.74, 6) is -0.290. The summed E-state index contributed by atoms with van der Waals surface area (Å²) in [6, 6.07) is 23.4. The highest BCUT2D eigenvalue weighted by Gasteiger charge is 2.13. The van der Waals surface area contributed by atoms with Gasteiger partial charge >= 0.3 is 5.63 Å². The lowest BCUT2D eigenvalue weighted by Crippen LogP contribution is -2.12. The molecule has 3 aromatic heterocycles. The van der Waals surface area contributed by atoms with Gasteiger partial charge in [-0.25, -0.2) is 4.79 Å². The molecule has 164 valence electrons. The van der Waals surface area contributed by atoms with E-state index in [4.69, 9.17) is 4.42 Å². The van der Waals surface area contributed by atoms with Crippen molar-refractivity contribution in [1.82, 2.24) is 19.8 Å². The van der Waals surface area contributed by atoms with Crippen molar-refractivity contribution < 1.29 is 9.21 Å². The lowest BCUT2D eigenvalue weighted by molar-refractivity contribution is 0.102. The number of hydrogen-bond donors (Lipinski definition) is 1. The lowest BCUT2D eigenvalue weighted by Gasteiger charge is -2.08. The number of benzene rings is 3. The van der Waals surface area contributed by atoms with Crippen molar-refractivity contribution in [3.63, 3.8) is 0 Å². The number of aromatic nitrogens is 4. The second-order valence-electron chi connectivity index (χ2n) is 7.57. The van der Waals surface area contributed by atoms with Crippen molar-refractivity contribution >= 4 is 38.9 Å². The number of nitrogens with one attached hydrogen (secondary N) is 1. The van der Waals surface area contributed by atoms with Gasteiger partial charge < -0.3 is 9.73 Å². The average Bonchev–Trinajstić information content (AvgIpc) is 3.47. The zero-order valence-corrected chi connectivity index (χ0v) is 18.3. The molecule has 9 heteroatoms. The fourth-order valence-corrected chi connectivity index (χ4v) is 4.52. The molecular weight excluding hydrogens is 450 g/mol. The molecule has 0 radical (unpaired) electrons. The lowest BCUT2D eigenvalue weighted by atomic mass is 10.0. The maximum absolute atomic E-state index is 13.0. The van der Waals surface area contributed by atoms with Crippen LogP contribution in [0.15, 0.2) is 94.4 Å². The van der Waals surface area contributed by atoms with Crippen LogP contribution in [0.5, 0.6) is 0 Å². The number of anilines is 1. The van der Waals surface area contributed by atoms with Crippen LogP contribution < -0.4 is 10.9 Å². The van der Waals surface area contributed by atoms with Gasteiger partial charge in [-0.1, -0.05) is 53.8 Å². The fraction of sp³-hybridized carbons (Fsp3) is 0. The molecule has 0 aliphatic heterocycles. The first-order valence-electron chi connectivity index (χ1n) is 10.4. The summed E-state index contributed by atoms with van der Waals surface area (Å²) in [6.45, 7) is 0. The van der Waals surface area contributed by atoms with Gasteiger partial charge in [0.15, 0.2) is 0 Å². The van der Waals surface area contributed by atoms with Gasteiger partial charge in [0.2, 0.25) is 4.96 Å². The van der Waals surface area contributed by atoms with Crippen LogP contribution in [0.1, 0.15) is 10.4 Å². The van der Waals surface area contributed by atoms with Crippen molar-refractivity contribution in [1.29, 1.82) is 0 Å². The van der Waals surface area contributed by atoms with E-state index >= 15 is 0 Å². The molecule has 6 rings (SSSR count). The van der Waals surface area contributed by atoms with E-state index in [2.05, 4.69) is 20.6 Å². The van der Waals surface area contributed by atoms with Gasteiger partial charge in [0.25, 0.3) is 5.91 Å². The highest BCUT2D eigenvalue weighted by Crippen LogP contribution is 2.27. The van der Waals surface area contributed by atoms with Gasteiger partial charge in [-0.2, -0.15) is 9.61 Å². The summed E-state index contributed by atoms with van der Waals surface area (Å²) in [5.41, 5.74) is 3.00. The Morgan fingerprint density at radius 2 is 1.79 bits per heavy atom. The Hall–Kier alpha value is -4.63. The first-order chi connectivity index (χ1) is 16.6. The maximum atomic E-state index is 13.0. The standard InChI is InChI=1S/C25H15N5O3S/c31-22(27-19-9-4-8-18(12-19)23-29-30-14-26-28-25(30)34-23)17-7-3-6-15(11-17)20-13-16-5-1-2-10-21(16)33-24(20)32/h1-14H,(H,27,31). The van der Waals surface area contributed by atoms with Crippen molar-refractivity contribution in [2.45, 2.75) is 0 Å². The van der Waals surface area contributed by atoms with Crippen LogP contribution in [0.3, 0.4) is 0 Å². The molecular formula is C25H15N5O3S. The minimum Gasteiger partial charge on any atom is -0.422 e. The molecule has 0 unspecified atom stereocenters. The zero-order chi connectivity index (χ0) is 23.1. The molecule has 0 atom stereocenters. The molecule has 0 aliphatic carbocycles. The topological polar surface area (TPSA) is 102 Å². The van der Waals surface area contributed by atoms with Crippen LogP contribution in [0, 0.1) is 0 Å². The van der Waals surface area contributed by atoms with E-state index in [0.29, 0.717) is 32.9 Å². The number of nitrogens with zero attached hydrogens (tertiary/aromatic N) is 4. The van der Waals surface area contributed by atoms with Gasteiger partial charge in [0.05, 0.1) is 5.56 Å². The number of amides is 1. The Kier molecular flexibility index (Phi) is 4.74. The van der Waals surface area contributed by atoms with Gasteiger partial charge in [0.1, 0.15) is 16.9 Å². The number of hydrogen-bond acceptors (Lipinski definition) is 7. The molecule has 1 N–H and O–H groups in total. The predicted molar refractivity (Wildman–Crippen MR) is 130 cm³/mol. The fourth-order valence-electron chi connectivity index (χ4n) is 3.70. The highest BCUT2D eigenvalue weighted by atomic mass is 32.1. The normalized spacial score (nSPS) is 11.2. The number of carbonyl (C=O) groups is 1. The zero-order valence-electron chi connectivity index (χ0n) is 17.5. The van der Waals surface area contributed by atoms with E-state index in [1.54, 1.807) is 47.2 Å². The number of carbonyl (C=O) groups excluding carboxylic acids is 1. The van der Waals surface area contributed by atoms with E-state index in [1.165, 1.54) is 11.3 Å². The largest absolute Gasteiger partial charge is 0.422 e. The summed E-state index contributed by atoms with van der Waals surface area (Å²) >= 11 is 1.41. The summed E-state index contributed by atoms with van der Waals surface area (Å²) in [7, 11) is 0. The molecule has 1 amide bonds. The van der Waals surface area contributed by atoms with E-state index in [-0.39, 0.29) is 5.91 Å². The van der Waals surface area contributed by atoms with E-state index in [1.807, 2.05) is 42.5 Å². The molecule has 0 spiro atoms. The monoisotopic (exact) mass is 465 g/mol. The first kappa shape index (κ1) is 20.0. The van der Waals surface area contributed by atoms with Gasteiger partial charge in [-0.05, 0) is 42.0 Å². The summed E-state index contributed by atoms with van der Waals surface area (Å²) in [6.07, 6.45) is 1.55. The third-order valence-electron chi connectivity index (χ3n) is 5.33. The minimum atomic E-state index is -0.450. The third kappa shape index (κ3) is 3.63. The van der Waals surface area contributed by atoms with E-state index in [9.17, 15) is 9.59 Å². The Morgan fingerprint density at radius 3 is 2.71 bits per heavy atom. The number of rotatable bonds is 4. The summed E-state index contributed by atoms with van der Waals surface area (Å²) < 4.78 is 7.05. The average molecular weight is 465 g/mol. The van der Waals surface area contributed by atoms with E-state index < -0.39 is 5.63 Å². The molecule has 0 aliphatic rings. The SMILES string of the molecule is O=C(Nc1cccc(-c2nn3cnnc3s2)c1)c1cccc(-c2cc3ccccc3oc2=O)c1. The maximum Gasteiger partial charge on any atom is 0.344 e. The predicted octanol–water partition coefficient (Wildman–Crippen LogP) is 4.88. The van der Waals surface area contributed by atoms with Crippen molar-refractivity contribution in [2.24, 2.45) is 0 Å². The van der Waals surface area contributed by atoms with Gasteiger partial charge in [0, 0.05) is 22.2 Å². The van der Waals surface area contributed by atoms with E-state index in [0.717, 1.165) is 16.0 Å². The number of fused-ring (bicyclic) bond motifs is 2.